The van der Waals surface area contributed by atoms with E-state index in [1.54, 1.807) is 0 Å². The molecule has 0 aromatic carbocycles. The Labute approximate surface area is 185 Å². The van der Waals surface area contributed by atoms with Gasteiger partial charge in [-0.25, -0.2) is 14.1 Å². The van der Waals surface area contributed by atoms with Crippen molar-refractivity contribution in [1.29, 1.82) is 0 Å². The maximum absolute atomic E-state index is 12.4. The summed E-state index contributed by atoms with van der Waals surface area (Å²) in [6.45, 7) is -0.688. The van der Waals surface area contributed by atoms with E-state index in [-0.39, 0.29) is 51.8 Å². The van der Waals surface area contributed by atoms with Crippen molar-refractivity contribution in [3.63, 3.8) is 0 Å². The van der Waals surface area contributed by atoms with Gasteiger partial charge in [0.15, 0.2) is 10.8 Å². The van der Waals surface area contributed by atoms with E-state index in [0.29, 0.717) is 0 Å². The predicted molar refractivity (Wildman–Crippen MR) is 90.8 cm³/mol. The van der Waals surface area contributed by atoms with Gasteiger partial charge in [-0.05, 0) is 0 Å². The van der Waals surface area contributed by atoms with Crippen LogP contribution in [0.1, 0.15) is 7.12 Å². The van der Waals surface area contributed by atoms with Gasteiger partial charge in [0.2, 0.25) is 0 Å². The summed E-state index contributed by atoms with van der Waals surface area (Å²) in [5, 5.41) is 7.27. The number of nitrogens with two attached hydrogens (primary N) is 2. The van der Waals surface area contributed by atoms with Crippen molar-refractivity contribution in [1.82, 2.24) is 14.6 Å². The van der Waals surface area contributed by atoms with E-state index >= 15 is 0 Å². The number of hydrogen-bond acceptors (Lipinski definition) is 11. The number of β-lactam (4-membered cyclic amide) rings is 1. The van der Waals surface area contributed by atoms with Crippen LogP contribution >= 0.6 is 11.3 Å². The molecule has 6 N–H and O–H groups in total. The third-order valence-corrected chi connectivity index (χ3v) is 4.88. The zero-order chi connectivity index (χ0) is 20.4. The SMILES string of the molecule is CO/N=C(\C(=O)NC1C(=O)N(S(=O)(=O)O)C1COC(N)=O)c1csc(N)n1.[H-].[Na+]. The monoisotopic (exact) mass is 446 g/mol. The summed E-state index contributed by atoms with van der Waals surface area (Å²) >= 11 is 1.02. The van der Waals surface area contributed by atoms with Crippen LogP contribution in [0.5, 0.6) is 0 Å². The number of ether oxygens (including phenoxy) is 1. The first kappa shape index (κ1) is 24.1. The summed E-state index contributed by atoms with van der Waals surface area (Å²) in [5.74, 6) is -2.10. The number of nitrogen functional groups attached to an aromatic ring is 1. The fourth-order valence-electron chi connectivity index (χ4n) is 2.19. The van der Waals surface area contributed by atoms with Crippen molar-refractivity contribution in [3.05, 3.63) is 11.1 Å². The molecule has 2 heterocycles. The molecule has 1 aliphatic rings. The molecule has 14 nitrogen and oxygen atoms in total. The van der Waals surface area contributed by atoms with Gasteiger partial charge in [-0.1, -0.05) is 5.16 Å². The molecule has 2 rings (SSSR count). The van der Waals surface area contributed by atoms with Crippen LogP contribution in [0.4, 0.5) is 9.93 Å². The Hall–Kier alpha value is -1.98. The molecular weight excluding hydrogens is 431 g/mol. The first-order valence-electron chi connectivity index (χ1n) is 6.92. The number of nitrogens with one attached hydrogen (secondary N) is 1. The zero-order valence-corrected chi connectivity index (χ0v) is 18.2. The molecular formula is C11H15N6NaO8S2. The summed E-state index contributed by atoms with van der Waals surface area (Å²) in [4.78, 5) is 43.6. The average molecular weight is 446 g/mol. The molecule has 17 heteroatoms. The van der Waals surface area contributed by atoms with Crippen LogP contribution in [0.3, 0.4) is 0 Å². The topological polar surface area (TPSA) is 217 Å². The number of nitrogens with zero attached hydrogens (tertiary/aromatic N) is 3. The number of carbonyl (C=O) groups excluding carboxylic acids is 3. The number of thiazole rings is 1. The smallest absolute Gasteiger partial charge is 1.00 e. The Balaban J connectivity index is 0.00000392. The molecule has 1 saturated heterocycles. The molecule has 0 aliphatic carbocycles. The molecule has 150 valence electrons. The first-order chi connectivity index (χ1) is 12.6. The van der Waals surface area contributed by atoms with Crippen molar-refractivity contribution in [2.75, 3.05) is 19.5 Å². The normalized spacial score (nSPS) is 19.3. The fourth-order valence-corrected chi connectivity index (χ4v) is 3.61. The van der Waals surface area contributed by atoms with Gasteiger partial charge in [-0.3, -0.25) is 14.1 Å². The quantitative estimate of drug-likeness (QED) is 0.103. The molecule has 0 bridgehead atoms. The van der Waals surface area contributed by atoms with E-state index in [1.165, 1.54) is 12.5 Å². The van der Waals surface area contributed by atoms with Crippen LogP contribution < -0.4 is 46.3 Å². The minimum atomic E-state index is -4.94. The summed E-state index contributed by atoms with van der Waals surface area (Å²) in [6.07, 6.45) is -1.24. The summed E-state index contributed by atoms with van der Waals surface area (Å²) in [7, 11) is -3.77. The summed E-state index contributed by atoms with van der Waals surface area (Å²) < 4.78 is 36.2. The number of hydrogen-bond donors (Lipinski definition) is 4. The van der Waals surface area contributed by atoms with E-state index in [9.17, 15) is 22.8 Å². The van der Waals surface area contributed by atoms with Crippen molar-refractivity contribution in [3.8, 4) is 0 Å². The van der Waals surface area contributed by atoms with Crippen molar-refractivity contribution in [2.24, 2.45) is 10.9 Å². The molecule has 1 aromatic heterocycles. The summed E-state index contributed by atoms with van der Waals surface area (Å²) in [6, 6.07) is -2.86. The number of anilines is 1. The van der Waals surface area contributed by atoms with Crippen LogP contribution in [0.2, 0.25) is 0 Å². The van der Waals surface area contributed by atoms with E-state index in [0.717, 1.165) is 11.3 Å². The van der Waals surface area contributed by atoms with E-state index < -0.39 is 46.9 Å². The van der Waals surface area contributed by atoms with Gasteiger partial charge in [-0.2, -0.15) is 8.42 Å². The molecule has 1 fully saturated rings. The maximum Gasteiger partial charge on any atom is 1.00 e. The number of carbonyl (C=O) groups is 3. The standard InChI is InChI=1S/C11H14N6O8S2.Na.H/c1-24-16-6(4-3-26-10(12)14-4)8(18)15-7-5(2-25-11(13)20)17(9(7)19)27(21,22)23;;/h3,5,7H,2H2,1H3,(H2,12,14)(H2,13,20)(H,15,18)(H,21,22,23);;/q;+1;-1/b16-6-;;. The molecule has 28 heavy (non-hydrogen) atoms. The number of rotatable bonds is 7. The third kappa shape index (κ3) is 5.30. The molecule has 3 amide bonds. The van der Waals surface area contributed by atoms with Gasteiger partial charge in [0.25, 0.3) is 11.8 Å². The first-order valence-corrected chi connectivity index (χ1v) is 9.20. The van der Waals surface area contributed by atoms with Crippen LogP contribution in [-0.4, -0.2) is 71.7 Å². The van der Waals surface area contributed by atoms with Crippen molar-refractivity contribution < 1.29 is 67.9 Å². The van der Waals surface area contributed by atoms with Gasteiger partial charge >= 0.3 is 46.0 Å². The van der Waals surface area contributed by atoms with Gasteiger partial charge in [0.05, 0.1) is 0 Å². The Morgan fingerprint density at radius 3 is 2.64 bits per heavy atom. The minimum absolute atomic E-state index is 0. The van der Waals surface area contributed by atoms with Gasteiger partial charge in [-0.15, -0.1) is 11.3 Å². The number of aromatic nitrogens is 1. The van der Waals surface area contributed by atoms with Crippen LogP contribution in [0.25, 0.3) is 0 Å². The molecule has 1 aromatic rings. The van der Waals surface area contributed by atoms with Crippen LogP contribution in [-0.2, 0) is 29.5 Å². The van der Waals surface area contributed by atoms with Gasteiger partial charge < -0.3 is 27.8 Å². The second kappa shape index (κ2) is 9.48. The largest absolute Gasteiger partial charge is 1.00 e. The average Bonchev–Trinajstić information content (AvgIpc) is 2.98. The molecule has 1 aliphatic heterocycles. The Kier molecular flexibility index (Phi) is 8.15. The number of primary amides is 1. The predicted octanol–water partition coefficient (Wildman–Crippen LogP) is -5.21. The third-order valence-electron chi connectivity index (χ3n) is 3.26. The second-order valence-corrected chi connectivity index (χ2v) is 7.13. The van der Waals surface area contributed by atoms with E-state index in [4.69, 9.17) is 16.0 Å². The fraction of sp³-hybridized carbons (Fsp3) is 0.364. The molecule has 2 unspecified atom stereocenters. The number of amides is 3. The molecule has 0 radical (unpaired) electrons. The second-order valence-electron chi connectivity index (χ2n) is 4.95. The van der Waals surface area contributed by atoms with Crippen molar-refractivity contribution >= 4 is 50.4 Å². The van der Waals surface area contributed by atoms with Gasteiger partial charge in [0.1, 0.15) is 31.5 Å². The summed E-state index contributed by atoms with van der Waals surface area (Å²) in [5.41, 5.74) is 10.0. The molecule has 2 atom stereocenters. The Morgan fingerprint density at radius 2 is 2.18 bits per heavy atom. The zero-order valence-electron chi connectivity index (χ0n) is 15.6. The Morgan fingerprint density at radius 1 is 1.54 bits per heavy atom. The maximum atomic E-state index is 12.4. The van der Waals surface area contributed by atoms with Gasteiger partial charge in [0, 0.05) is 5.38 Å². The van der Waals surface area contributed by atoms with Crippen molar-refractivity contribution in [2.45, 2.75) is 12.1 Å². The number of oxime groups is 1. The van der Waals surface area contributed by atoms with E-state index in [2.05, 4.69) is 25.0 Å². The molecule has 0 saturated carbocycles. The molecule has 0 spiro atoms. The van der Waals surface area contributed by atoms with Crippen LogP contribution in [0.15, 0.2) is 10.5 Å². The van der Waals surface area contributed by atoms with Crippen LogP contribution in [0, 0.1) is 0 Å². The minimum Gasteiger partial charge on any atom is -1.00 e. The Bertz CT molecular complexity index is 909. The van der Waals surface area contributed by atoms with E-state index in [1.807, 2.05) is 0 Å².